The molecule has 2 heterocycles. The van der Waals surface area contributed by atoms with E-state index < -0.39 is 9.84 Å². The Labute approximate surface area is 167 Å². The summed E-state index contributed by atoms with van der Waals surface area (Å²) in [5, 5.41) is 4.29. The van der Waals surface area contributed by atoms with Crippen LogP contribution in [0.3, 0.4) is 0 Å². The molecule has 0 fully saturated rings. The number of sulfone groups is 1. The number of aryl methyl sites for hydroxylation is 2. The lowest BCUT2D eigenvalue weighted by atomic mass is 10.3. The summed E-state index contributed by atoms with van der Waals surface area (Å²) in [4.78, 5) is 17.8. The molecule has 2 aromatic heterocycles. The van der Waals surface area contributed by atoms with Crippen LogP contribution in [0.5, 0.6) is 0 Å². The average Bonchev–Trinajstić information content (AvgIpc) is 3.18. The number of amides is 1. The van der Waals surface area contributed by atoms with Gasteiger partial charge in [-0.3, -0.25) is 9.48 Å². The van der Waals surface area contributed by atoms with Crippen molar-refractivity contribution in [3.63, 3.8) is 0 Å². The van der Waals surface area contributed by atoms with Gasteiger partial charge >= 0.3 is 0 Å². The number of carbonyl (C=O) groups excluding carboxylic acids is 1. The van der Waals surface area contributed by atoms with Crippen LogP contribution >= 0.6 is 11.3 Å². The molecule has 0 atom stereocenters. The van der Waals surface area contributed by atoms with Crippen molar-refractivity contribution in [1.82, 2.24) is 14.3 Å². The van der Waals surface area contributed by atoms with E-state index in [0.29, 0.717) is 30.2 Å². The van der Waals surface area contributed by atoms with Crippen molar-refractivity contribution < 1.29 is 17.9 Å². The van der Waals surface area contributed by atoms with E-state index in [9.17, 15) is 13.2 Å². The first-order valence-corrected chi connectivity index (χ1v) is 11.4. The molecule has 0 bridgehead atoms. The van der Waals surface area contributed by atoms with Crippen LogP contribution in [0, 0.1) is 6.92 Å². The second-order valence-corrected chi connectivity index (χ2v) is 9.36. The number of hydrogen-bond donors (Lipinski definition) is 0. The third kappa shape index (κ3) is 4.08. The van der Waals surface area contributed by atoms with Crippen molar-refractivity contribution in [3.8, 4) is 0 Å². The molecule has 0 saturated heterocycles. The van der Waals surface area contributed by atoms with Crippen molar-refractivity contribution in [1.29, 1.82) is 0 Å². The maximum atomic E-state index is 12.8. The number of ether oxygens (including phenoxy) is 1. The molecule has 3 rings (SSSR count). The van der Waals surface area contributed by atoms with Gasteiger partial charge < -0.3 is 9.30 Å². The number of benzene rings is 1. The topological polar surface area (TPSA) is 95.5 Å². The number of rotatable bonds is 6. The minimum Gasteiger partial charge on any atom is -0.383 e. The first-order valence-electron chi connectivity index (χ1n) is 8.70. The van der Waals surface area contributed by atoms with Crippen molar-refractivity contribution in [3.05, 3.63) is 40.5 Å². The highest BCUT2D eigenvalue weighted by molar-refractivity contribution is 7.90. The third-order valence-corrected chi connectivity index (χ3v) is 6.37. The maximum Gasteiger partial charge on any atom is 0.297 e. The van der Waals surface area contributed by atoms with Crippen LogP contribution < -0.4 is 4.80 Å². The molecule has 28 heavy (non-hydrogen) atoms. The molecule has 0 radical (unpaired) electrons. The van der Waals surface area contributed by atoms with Crippen molar-refractivity contribution in [2.75, 3.05) is 20.0 Å². The highest BCUT2D eigenvalue weighted by Gasteiger charge is 2.15. The van der Waals surface area contributed by atoms with Gasteiger partial charge in [-0.05, 0) is 38.1 Å². The van der Waals surface area contributed by atoms with Gasteiger partial charge in [-0.15, -0.1) is 0 Å². The Balaban J connectivity index is 2.17. The van der Waals surface area contributed by atoms with Crippen molar-refractivity contribution in [2.45, 2.75) is 31.8 Å². The summed E-state index contributed by atoms with van der Waals surface area (Å²) >= 11 is 1.27. The molecule has 10 heteroatoms. The number of methoxy groups -OCH3 is 1. The Bertz CT molecular complexity index is 1200. The second-order valence-electron chi connectivity index (χ2n) is 6.33. The molecule has 0 saturated carbocycles. The minimum absolute atomic E-state index is 0.234. The SMILES string of the molecule is CCn1nc(C)cc1C(=O)N=c1sc2cc(S(C)(=O)=O)ccc2n1CCOC. The van der Waals surface area contributed by atoms with Crippen LogP contribution in [0.2, 0.25) is 0 Å². The van der Waals surface area contributed by atoms with Crippen LogP contribution in [-0.2, 0) is 27.7 Å². The van der Waals surface area contributed by atoms with Crippen LogP contribution in [0.15, 0.2) is 34.2 Å². The van der Waals surface area contributed by atoms with Gasteiger partial charge in [-0.1, -0.05) is 11.3 Å². The third-order valence-electron chi connectivity index (χ3n) is 4.22. The molecule has 0 N–H and O–H groups in total. The average molecular weight is 423 g/mol. The summed E-state index contributed by atoms with van der Waals surface area (Å²) in [6.07, 6.45) is 1.17. The summed E-state index contributed by atoms with van der Waals surface area (Å²) in [6, 6.07) is 6.63. The molecule has 0 spiro atoms. The Hall–Kier alpha value is -2.30. The minimum atomic E-state index is -3.32. The fourth-order valence-corrected chi connectivity index (χ4v) is 4.69. The molecule has 8 nitrogen and oxygen atoms in total. The first kappa shape index (κ1) is 20.4. The monoisotopic (exact) mass is 422 g/mol. The molecule has 150 valence electrons. The summed E-state index contributed by atoms with van der Waals surface area (Å²) in [6.45, 7) is 5.24. The van der Waals surface area contributed by atoms with E-state index in [4.69, 9.17) is 4.74 Å². The van der Waals surface area contributed by atoms with Gasteiger partial charge in [0, 0.05) is 26.5 Å². The van der Waals surface area contributed by atoms with E-state index in [2.05, 4.69) is 10.1 Å². The lowest BCUT2D eigenvalue weighted by molar-refractivity contribution is 0.0987. The normalized spacial score (nSPS) is 12.8. The van der Waals surface area contributed by atoms with Gasteiger partial charge in [0.1, 0.15) is 5.69 Å². The standard InChI is InChI=1S/C18H22N4O4S2/c1-5-22-15(10-12(2)20-22)17(23)19-18-21(8-9-26-3)14-7-6-13(28(4,24)25)11-16(14)27-18/h6-7,10-11H,5,8-9H2,1-4H3. The number of nitrogens with zero attached hydrogens (tertiary/aromatic N) is 4. The molecular formula is C18H22N4O4S2. The van der Waals surface area contributed by atoms with Crippen LogP contribution in [-0.4, -0.2) is 48.6 Å². The molecule has 0 aliphatic carbocycles. The molecule has 1 aromatic carbocycles. The van der Waals surface area contributed by atoms with Gasteiger partial charge in [0.2, 0.25) is 0 Å². The fourth-order valence-electron chi connectivity index (χ4n) is 2.87. The molecule has 0 unspecified atom stereocenters. The summed E-state index contributed by atoms with van der Waals surface area (Å²) in [7, 11) is -1.72. The Kier molecular flexibility index (Phi) is 5.82. The predicted molar refractivity (Wildman–Crippen MR) is 107 cm³/mol. The van der Waals surface area contributed by atoms with Crippen LogP contribution in [0.4, 0.5) is 0 Å². The molecular weight excluding hydrogens is 400 g/mol. The number of fused-ring (bicyclic) bond motifs is 1. The zero-order valence-corrected chi connectivity index (χ0v) is 17.8. The maximum absolute atomic E-state index is 12.8. The Morgan fingerprint density at radius 2 is 2.07 bits per heavy atom. The van der Waals surface area contributed by atoms with Gasteiger partial charge in [-0.2, -0.15) is 10.1 Å². The Morgan fingerprint density at radius 3 is 2.71 bits per heavy atom. The second kappa shape index (κ2) is 7.98. The molecule has 1 amide bonds. The van der Waals surface area contributed by atoms with Gasteiger partial charge in [0.05, 0.1) is 27.4 Å². The van der Waals surface area contributed by atoms with E-state index in [1.165, 1.54) is 17.6 Å². The van der Waals surface area contributed by atoms with Crippen molar-refractivity contribution >= 4 is 37.3 Å². The van der Waals surface area contributed by atoms with Gasteiger partial charge in [0.25, 0.3) is 5.91 Å². The van der Waals surface area contributed by atoms with Crippen LogP contribution in [0.1, 0.15) is 23.1 Å². The summed E-state index contributed by atoms with van der Waals surface area (Å²) < 4.78 is 33.1. The molecule has 0 aliphatic rings. The fraction of sp³-hybridized carbons (Fsp3) is 0.389. The smallest absolute Gasteiger partial charge is 0.297 e. The lowest BCUT2D eigenvalue weighted by Gasteiger charge is -2.05. The number of aromatic nitrogens is 3. The summed E-state index contributed by atoms with van der Waals surface area (Å²) in [5.74, 6) is -0.386. The number of thiazole rings is 1. The quantitative estimate of drug-likeness (QED) is 0.606. The predicted octanol–water partition coefficient (Wildman–Crippen LogP) is 2.02. The highest BCUT2D eigenvalue weighted by Crippen LogP contribution is 2.22. The number of hydrogen-bond acceptors (Lipinski definition) is 6. The highest BCUT2D eigenvalue weighted by atomic mass is 32.2. The lowest BCUT2D eigenvalue weighted by Crippen LogP contribution is -2.20. The zero-order chi connectivity index (χ0) is 20.5. The zero-order valence-electron chi connectivity index (χ0n) is 16.2. The molecule has 0 aliphatic heterocycles. The van der Waals surface area contributed by atoms with E-state index in [-0.39, 0.29) is 10.8 Å². The molecule has 3 aromatic rings. The Morgan fingerprint density at radius 1 is 1.32 bits per heavy atom. The van der Waals surface area contributed by atoms with E-state index in [1.807, 2.05) is 18.4 Å². The first-order chi connectivity index (χ1) is 13.2. The van der Waals surface area contributed by atoms with Crippen LogP contribution in [0.25, 0.3) is 10.2 Å². The van der Waals surface area contributed by atoms with Gasteiger partial charge in [-0.25, -0.2) is 8.42 Å². The van der Waals surface area contributed by atoms with Gasteiger partial charge in [0.15, 0.2) is 14.6 Å². The summed E-state index contributed by atoms with van der Waals surface area (Å²) in [5.41, 5.74) is 1.98. The van der Waals surface area contributed by atoms with E-state index >= 15 is 0 Å². The van der Waals surface area contributed by atoms with E-state index in [0.717, 1.165) is 15.9 Å². The van der Waals surface area contributed by atoms with Crippen molar-refractivity contribution in [2.24, 2.45) is 4.99 Å². The largest absolute Gasteiger partial charge is 0.383 e. The van der Waals surface area contributed by atoms with E-state index in [1.54, 1.807) is 36.1 Å². The number of carbonyl (C=O) groups is 1.